The van der Waals surface area contributed by atoms with Gasteiger partial charge in [-0.25, -0.2) is 0 Å². The number of rotatable bonds is 1. The van der Waals surface area contributed by atoms with Crippen LogP contribution in [0.3, 0.4) is 0 Å². The topological polar surface area (TPSA) is 49.8 Å². The van der Waals surface area contributed by atoms with E-state index in [0.29, 0.717) is 6.54 Å². The largest absolute Gasteiger partial charge is 0.469 e. The van der Waals surface area contributed by atoms with E-state index in [1.165, 1.54) is 7.11 Å². The van der Waals surface area contributed by atoms with Crippen LogP contribution in [-0.4, -0.2) is 47.8 Å². The van der Waals surface area contributed by atoms with Crippen molar-refractivity contribution in [3.63, 3.8) is 0 Å². The molecule has 0 bridgehead atoms. The Morgan fingerprint density at radius 2 is 2.36 bits per heavy atom. The van der Waals surface area contributed by atoms with Gasteiger partial charge in [-0.15, -0.1) is 0 Å². The number of hydrogen-bond acceptors (Lipinski definition) is 4. The van der Waals surface area contributed by atoms with Crippen LogP contribution >= 0.6 is 0 Å². The summed E-state index contributed by atoms with van der Waals surface area (Å²) in [6, 6.07) is 0.192. The first-order valence-corrected chi connectivity index (χ1v) is 5.10. The van der Waals surface area contributed by atoms with Crippen molar-refractivity contribution in [2.24, 2.45) is 5.92 Å². The van der Waals surface area contributed by atoms with E-state index in [9.17, 15) is 9.90 Å². The van der Waals surface area contributed by atoms with Gasteiger partial charge in [-0.3, -0.25) is 9.69 Å². The fourth-order valence-corrected chi connectivity index (χ4v) is 2.89. The molecule has 0 aliphatic carbocycles. The van der Waals surface area contributed by atoms with Crippen LogP contribution in [0.5, 0.6) is 0 Å². The molecule has 80 valence electrons. The molecule has 2 saturated heterocycles. The van der Waals surface area contributed by atoms with E-state index in [4.69, 9.17) is 4.74 Å². The Hall–Kier alpha value is -0.610. The highest BCUT2D eigenvalue weighted by molar-refractivity contribution is 5.75. The molecule has 2 fully saturated rings. The first-order valence-electron chi connectivity index (χ1n) is 5.10. The van der Waals surface area contributed by atoms with E-state index in [2.05, 4.69) is 4.90 Å². The zero-order chi connectivity index (χ0) is 10.3. The van der Waals surface area contributed by atoms with E-state index in [1.807, 2.05) is 0 Å². The number of fused-ring (bicyclic) bond motifs is 1. The normalized spacial score (nSPS) is 42.5. The summed E-state index contributed by atoms with van der Waals surface area (Å²) < 4.78 is 4.75. The molecule has 1 N–H and O–H groups in total. The SMILES string of the molecule is COC(=O)[C@H]1[C@@H]2CCCN2C[C@@]1(C)O. The number of carbonyl (C=O) groups excluding carboxylic acids is 1. The predicted octanol–water partition coefficient (Wildman–Crippen LogP) is 0.00460. The van der Waals surface area contributed by atoms with Gasteiger partial charge in [-0.2, -0.15) is 0 Å². The number of carbonyl (C=O) groups is 1. The summed E-state index contributed by atoms with van der Waals surface area (Å²) in [7, 11) is 1.38. The Morgan fingerprint density at radius 1 is 1.64 bits per heavy atom. The third-order valence-electron chi connectivity index (χ3n) is 3.45. The number of ether oxygens (including phenoxy) is 1. The van der Waals surface area contributed by atoms with Gasteiger partial charge in [0.05, 0.1) is 12.7 Å². The first-order chi connectivity index (χ1) is 6.56. The van der Waals surface area contributed by atoms with E-state index < -0.39 is 5.60 Å². The molecule has 2 heterocycles. The zero-order valence-corrected chi connectivity index (χ0v) is 8.69. The van der Waals surface area contributed by atoms with Gasteiger partial charge in [0.15, 0.2) is 0 Å². The molecule has 0 unspecified atom stereocenters. The van der Waals surface area contributed by atoms with Crippen LogP contribution < -0.4 is 0 Å². The molecule has 4 heteroatoms. The second kappa shape index (κ2) is 3.21. The predicted molar refractivity (Wildman–Crippen MR) is 50.7 cm³/mol. The molecule has 0 aromatic heterocycles. The summed E-state index contributed by atoms with van der Waals surface area (Å²) in [6.45, 7) is 3.32. The van der Waals surface area contributed by atoms with Crippen molar-refractivity contribution < 1.29 is 14.6 Å². The summed E-state index contributed by atoms with van der Waals surface area (Å²) >= 11 is 0. The van der Waals surface area contributed by atoms with Crippen LogP contribution in [0.2, 0.25) is 0 Å². The lowest BCUT2D eigenvalue weighted by atomic mass is 9.86. The first kappa shape index (κ1) is 9.93. The van der Waals surface area contributed by atoms with Crippen molar-refractivity contribution >= 4 is 5.97 Å². The summed E-state index contributed by atoms with van der Waals surface area (Å²) in [4.78, 5) is 13.8. The molecule has 0 radical (unpaired) electrons. The lowest BCUT2D eigenvalue weighted by Crippen LogP contribution is -2.41. The fourth-order valence-electron chi connectivity index (χ4n) is 2.89. The minimum atomic E-state index is -0.918. The quantitative estimate of drug-likeness (QED) is 0.604. The lowest BCUT2D eigenvalue weighted by Gasteiger charge is -2.24. The maximum absolute atomic E-state index is 11.6. The Bertz CT molecular complexity index is 252. The molecule has 0 aromatic rings. The van der Waals surface area contributed by atoms with Crippen molar-refractivity contribution in [1.29, 1.82) is 0 Å². The molecule has 3 atom stereocenters. The van der Waals surface area contributed by atoms with Crippen LogP contribution in [0.1, 0.15) is 19.8 Å². The third kappa shape index (κ3) is 1.33. The Balaban J connectivity index is 2.22. The lowest BCUT2D eigenvalue weighted by molar-refractivity contribution is -0.152. The third-order valence-corrected chi connectivity index (χ3v) is 3.45. The number of nitrogens with zero attached hydrogens (tertiary/aromatic N) is 1. The summed E-state index contributed by atoms with van der Waals surface area (Å²) in [5.41, 5.74) is -0.918. The van der Waals surface area contributed by atoms with E-state index in [1.54, 1.807) is 6.92 Å². The van der Waals surface area contributed by atoms with Gasteiger partial charge < -0.3 is 9.84 Å². The smallest absolute Gasteiger partial charge is 0.313 e. The van der Waals surface area contributed by atoms with Gasteiger partial charge in [-0.1, -0.05) is 0 Å². The van der Waals surface area contributed by atoms with Gasteiger partial charge in [0.25, 0.3) is 0 Å². The van der Waals surface area contributed by atoms with Crippen molar-refractivity contribution in [2.45, 2.75) is 31.4 Å². The summed E-state index contributed by atoms with van der Waals surface area (Å²) in [5.74, 6) is -0.639. The molecular formula is C10H17NO3. The van der Waals surface area contributed by atoms with Crippen LogP contribution in [0, 0.1) is 5.92 Å². The highest BCUT2D eigenvalue weighted by atomic mass is 16.5. The minimum absolute atomic E-state index is 0.192. The molecule has 2 aliphatic heterocycles. The maximum atomic E-state index is 11.6. The molecule has 0 saturated carbocycles. The molecule has 4 nitrogen and oxygen atoms in total. The summed E-state index contributed by atoms with van der Waals surface area (Å²) in [5, 5.41) is 10.1. The average Bonchev–Trinajstić information content (AvgIpc) is 2.59. The van der Waals surface area contributed by atoms with Crippen LogP contribution in [0.4, 0.5) is 0 Å². The second-order valence-electron chi connectivity index (χ2n) is 4.54. The summed E-state index contributed by atoms with van der Waals surface area (Å²) in [6.07, 6.45) is 2.12. The average molecular weight is 199 g/mol. The molecular weight excluding hydrogens is 182 g/mol. The van der Waals surface area contributed by atoms with Gasteiger partial charge in [0.2, 0.25) is 0 Å². The molecule has 2 rings (SSSR count). The van der Waals surface area contributed by atoms with Gasteiger partial charge >= 0.3 is 5.97 Å². The highest BCUT2D eigenvalue weighted by Gasteiger charge is 2.54. The number of aliphatic hydroxyl groups is 1. The monoisotopic (exact) mass is 199 g/mol. The number of methoxy groups -OCH3 is 1. The Morgan fingerprint density at radius 3 is 3.00 bits per heavy atom. The number of esters is 1. The van der Waals surface area contributed by atoms with Gasteiger partial charge in [-0.05, 0) is 26.3 Å². The van der Waals surface area contributed by atoms with E-state index in [-0.39, 0.29) is 17.9 Å². The zero-order valence-electron chi connectivity index (χ0n) is 8.69. The Labute approximate surface area is 83.8 Å². The fraction of sp³-hybridized carbons (Fsp3) is 0.900. The van der Waals surface area contributed by atoms with Crippen molar-refractivity contribution in [2.75, 3.05) is 20.2 Å². The highest BCUT2D eigenvalue weighted by Crippen LogP contribution is 2.39. The molecule has 0 spiro atoms. The van der Waals surface area contributed by atoms with Crippen molar-refractivity contribution in [1.82, 2.24) is 4.90 Å². The van der Waals surface area contributed by atoms with Gasteiger partial charge in [0, 0.05) is 12.6 Å². The van der Waals surface area contributed by atoms with E-state index >= 15 is 0 Å². The molecule has 14 heavy (non-hydrogen) atoms. The van der Waals surface area contributed by atoms with Crippen LogP contribution in [0.25, 0.3) is 0 Å². The molecule has 0 aromatic carbocycles. The Kier molecular flexibility index (Phi) is 2.27. The molecule has 2 aliphatic rings. The van der Waals surface area contributed by atoms with Crippen molar-refractivity contribution in [3.8, 4) is 0 Å². The van der Waals surface area contributed by atoms with Crippen LogP contribution in [-0.2, 0) is 9.53 Å². The second-order valence-corrected chi connectivity index (χ2v) is 4.54. The van der Waals surface area contributed by atoms with Gasteiger partial charge in [0.1, 0.15) is 5.92 Å². The number of hydrogen-bond donors (Lipinski definition) is 1. The van der Waals surface area contributed by atoms with Crippen molar-refractivity contribution in [3.05, 3.63) is 0 Å². The van der Waals surface area contributed by atoms with E-state index in [0.717, 1.165) is 19.4 Å². The maximum Gasteiger partial charge on any atom is 0.313 e. The molecule has 0 amide bonds. The van der Waals surface area contributed by atoms with Crippen LogP contribution in [0.15, 0.2) is 0 Å². The minimum Gasteiger partial charge on any atom is -0.469 e. The standard InChI is InChI=1S/C10H17NO3/c1-10(13)6-11-5-3-4-7(11)8(10)9(12)14-2/h7-8,13H,3-6H2,1-2H3/t7-,8+,10+/m0/s1.